The molecule has 8 nitrogen and oxygen atoms in total. The normalized spacial score (nSPS) is 10.7. The quantitative estimate of drug-likeness (QED) is 0.172. The maximum atomic E-state index is 6.32. The second-order valence-corrected chi connectivity index (χ2v) is 8.69. The van der Waals surface area contributed by atoms with E-state index >= 15 is 0 Å². The van der Waals surface area contributed by atoms with Crippen molar-refractivity contribution in [1.82, 2.24) is 19.9 Å². The van der Waals surface area contributed by atoms with Crippen LogP contribution in [0.5, 0.6) is 0 Å². The summed E-state index contributed by atoms with van der Waals surface area (Å²) in [5.74, 6) is 0. The van der Waals surface area contributed by atoms with Crippen LogP contribution in [0.1, 0.15) is 55.4 Å². The molecule has 5 heterocycles. The van der Waals surface area contributed by atoms with Gasteiger partial charge in [0.1, 0.15) is 22.1 Å². The van der Waals surface area contributed by atoms with E-state index in [1.165, 1.54) is 0 Å². The molecule has 0 aliphatic heterocycles. The first kappa shape index (κ1) is 30.2. The maximum absolute atomic E-state index is 6.32. The molecular weight excluding hydrogens is 552 g/mol. The van der Waals surface area contributed by atoms with Crippen LogP contribution in [0.25, 0.3) is 88.8 Å². The van der Waals surface area contributed by atoms with Gasteiger partial charge in [-0.25, -0.2) is 19.9 Å². The molecule has 0 atom stereocenters. The summed E-state index contributed by atoms with van der Waals surface area (Å²) in [5.41, 5.74) is 6.82. The van der Waals surface area contributed by atoms with Gasteiger partial charge in [0.05, 0.1) is 21.5 Å². The van der Waals surface area contributed by atoms with Crippen LogP contribution >= 0.6 is 0 Å². The maximum Gasteiger partial charge on any atom is 0.231 e. The van der Waals surface area contributed by atoms with Gasteiger partial charge >= 0.3 is 0 Å². The van der Waals surface area contributed by atoms with Gasteiger partial charge in [0, 0.05) is 0 Å². The van der Waals surface area contributed by atoms with Gasteiger partial charge in [-0.1, -0.05) is 79.7 Å². The van der Waals surface area contributed by atoms with E-state index in [4.69, 9.17) is 37.6 Å². The lowest BCUT2D eigenvalue weighted by atomic mass is 10.2. The van der Waals surface area contributed by atoms with Crippen molar-refractivity contribution in [3.05, 3.63) is 72.8 Å². The third-order valence-electron chi connectivity index (χ3n) is 6.59. The molecule has 0 fully saturated rings. The predicted octanol–water partition coefficient (Wildman–Crippen LogP) is 11.5. The van der Waals surface area contributed by atoms with Gasteiger partial charge in [-0.3, -0.25) is 0 Å². The van der Waals surface area contributed by atoms with Gasteiger partial charge in [-0.05, 0) is 48.5 Å². The van der Waals surface area contributed by atoms with Gasteiger partial charge in [-0.2, -0.15) is 0 Å². The van der Waals surface area contributed by atoms with E-state index in [0.717, 1.165) is 16.2 Å². The van der Waals surface area contributed by atoms with Crippen molar-refractivity contribution in [2.75, 3.05) is 0 Å². The lowest BCUT2D eigenvalue weighted by Crippen LogP contribution is -1.75. The summed E-state index contributed by atoms with van der Waals surface area (Å²) in [6.07, 6.45) is 0. The van der Waals surface area contributed by atoms with E-state index in [9.17, 15) is 0 Å². The summed E-state index contributed by atoms with van der Waals surface area (Å²) in [6, 6.07) is 22.8. The number of nitrogens with zero attached hydrogens (tertiary/aromatic N) is 4. The van der Waals surface area contributed by atoms with Crippen molar-refractivity contribution >= 4 is 88.8 Å². The Balaban J connectivity index is 0.000000448. The van der Waals surface area contributed by atoms with Crippen LogP contribution in [0.3, 0.4) is 0 Å². The molecule has 0 N–H and O–H groups in total. The Morgan fingerprint density at radius 1 is 0.364 bits per heavy atom. The summed E-state index contributed by atoms with van der Waals surface area (Å²) >= 11 is 0. The molecule has 9 aromatic rings. The zero-order valence-electron chi connectivity index (χ0n) is 26.4. The van der Waals surface area contributed by atoms with Crippen molar-refractivity contribution < 1.29 is 17.7 Å². The highest BCUT2D eigenvalue weighted by molar-refractivity contribution is 6.09. The molecule has 0 amide bonds. The second kappa shape index (κ2) is 13.0. The minimum absolute atomic E-state index is 0.427. The van der Waals surface area contributed by atoms with Crippen molar-refractivity contribution in [1.29, 1.82) is 0 Å². The highest BCUT2D eigenvalue weighted by Gasteiger charge is 2.16. The molecule has 44 heavy (non-hydrogen) atoms. The van der Waals surface area contributed by atoms with Crippen LogP contribution in [0, 0.1) is 0 Å². The Kier molecular flexibility index (Phi) is 8.90. The van der Waals surface area contributed by atoms with E-state index in [1.807, 2.05) is 128 Å². The monoisotopic (exact) mass is 588 g/mol. The van der Waals surface area contributed by atoms with Crippen LogP contribution in [0.15, 0.2) is 90.5 Å². The minimum atomic E-state index is 0.427. The van der Waals surface area contributed by atoms with E-state index in [0.29, 0.717) is 72.6 Å². The first-order chi connectivity index (χ1) is 21.8. The summed E-state index contributed by atoms with van der Waals surface area (Å²) in [6.45, 7) is 16.0. The molecule has 8 bridgehead atoms. The Morgan fingerprint density at radius 3 is 1.14 bits per heavy atom. The molecule has 0 spiro atoms. The first-order valence-corrected chi connectivity index (χ1v) is 15.4. The van der Waals surface area contributed by atoms with Gasteiger partial charge in [0.15, 0.2) is 22.3 Å². The first-order valence-electron chi connectivity index (χ1n) is 15.4. The Labute approximate surface area is 254 Å². The summed E-state index contributed by atoms with van der Waals surface area (Å²) < 4.78 is 24.9. The predicted molar refractivity (Wildman–Crippen MR) is 181 cm³/mol. The van der Waals surface area contributed by atoms with E-state index in [1.54, 1.807) is 0 Å². The molecule has 5 aromatic heterocycles. The highest BCUT2D eigenvalue weighted by atomic mass is 16.4. The second-order valence-electron chi connectivity index (χ2n) is 8.69. The molecule has 0 aliphatic carbocycles. The fraction of sp³-hybridized carbons (Fsp3) is 0.222. The molecule has 224 valence electrons. The molecule has 8 heteroatoms. The van der Waals surface area contributed by atoms with Crippen molar-refractivity contribution in [2.45, 2.75) is 55.4 Å². The molecule has 0 radical (unpaired) electrons. The van der Waals surface area contributed by atoms with E-state index in [-0.39, 0.29) is 0 Å². The third kappa shape index (κ3) is 4.82. The minimum Gasteiger partial charge on any atom is -0.436 e. The van der Waals surface area contributed by atoms with E-state index < -0.39 is 0 Å². The summed E-state index contributed by atoms with van der Waals surface area (Å²) in [4.78, 5) is 19.3. The number of benzene rings is 4. The van der Waals surface area contributed by atoms with Crippen LogP contribution in [-0.2, 0) is 0 Å². The molecule has 9 rings (SSSR count). The van der Waals surface area contributed by atoms with Crippen LogP contribution in [0.4, 0.5) is 0 Å². The SMILES string of the molecule is CC.CC.CC.CC.c1cc2oc3nc2c(c1)c1nc2c(cccc2c2nc4cccc(c5nc6c(cccc36)o5)c4o2)o1. The Hall–Kier alpha value is -5.24. The lowest BCUT2D eigenvalue weighted by Gasteiger charge is -1.90. The number of oxazole rings is 4. The molecule has 0 aliphatic rings. The lowest BCUT2D eigenvalue weighted by molar-refractivity contribution is 0.654. The highest BCUT2D eigenvalue weighted by Crippen LogP contribution is 2.34. The summed E-state index contributed by atoms with van der Waals surface area (Å²) in [7, 11) is 0. The number of hydrogen-bond acceptors (Lipinski definition) is 8. The number of fused-ring (bicyclic) bond motifs is 8. The zero-order chi connectivity index (χ0) is 31.4. The van der Waals surface area contributed by atoms with Crippen molar-refractivity contribution in [2.24, 2.45) is 0 Å². The Bertz CT molecular complexity index is 2050. The largest absolute Gasteiger partial charge is 0.436 e. The zero-order valence-corrected chi connectivity index (χ0v) is 26.4. The number of hydrogen-bond donors (Lipinski definition) is 0. The van der Waals surface area contributed by atoms with E-state index in [2.05, 4.69) is 0 Å². The summed E-state index contributed by atoms with van der Waals surface area (Å²) in [5, 5.41) is 2.88. The molecule has 4 aromatic carbocycles. The molecular formula is C36H36N4O4. The Morgan fingerprint density at radius 2 is 0.705 bits per heavy atom. The number of aromatic nitrogens is 4. The average molecular weight is 589 g/mol. The standard InChI is InChI=1S/C28H12N4O4.4C2H6/c1-8-16-24-17(9-1)29-25(36-24)13-5-2-10-18-21(13)30-26(33-18)14-6-3-11-19-22(14)31-27(34-19)15-7-4-12-20-23(15)32-28(16)35-20;4*1-2/h1-12H;4*1-2H3. The van der Waals surface area contributed by atoms with Crippen molar-refractivity contribution in [3.8, 4) is 0 Å². The molecule has 0 saturated heterocycles. The third-order valence-corrected chi connectivity index (χ3v) is 6.59. The molecule has 0 unspecified atom stereocenters. The average Bonchev–Trinajstić information content (AvgIpc) is 3.90. The topological polar surface area (TPSA) is 104 Å². The van der Waals surface area contributed by atoms with Crippen LogP contribution in [-0.4, -0.2) is 19.9 Å². The number of rotatable bonds is 0. The van der Waals surface area contributed by atoms with Crippen LogP contribution in [0.2, 0.25) is 0 Å². The van der Waals surface area contributed by atoms with Gasteiger partial charge in [0.2, 0.25) is 22.9 Å². The van der Waals surface area contributed by atoms with Gasteiger partial charge in [-0.15, -0.1) is 0 Å². The van der Waals surface area contributed by atoms with Gasteiger partial charge in [0.25, 0.3) is 0 Å². The van der Waals surface area contributed by atoms with Crippen LogP contribution < -0.4 is 0 Å². The fourth-order valence-corrected chi connectivity index (χ4v) is 4.94. The smallest absolute Gasteiger partial charge is 0.231 e. The van der Waals surface area contributed by atoms with Crippen molar-refractivity contribution in [3.63, 3.8) is 0 Å². The molecule has 0 saturated carbocycles. The number of para-hydroxylation sites is 4. The van der Waals surface area contributed by atoms with Gasteiger partial charge < -0.3 is 17.7 Å². The fourth-order valence-electron chi connectivity index (χ4n) is 4.94.